The lowest BCUT2D eigenvalue weighted by Gasteiger charge is -2.41. The van der Waals surface area contributed by atoms with Crippen molar-refractivity contribution in [1.29, 1.82) is 0 Å². The molecule has 4 saturated heterocycles. The quantitative estimate of drug-likeness (QED) is 0.203. The van der Waals surface area contributed by atoms with Crippen molar-refractivity contribution in [2.75, 3.05) is 69.5 Å². The van der Waals surface area contributed by atoms with Crippen LogP contribution in [0.4, 0.5) is 16.3 Å². The standard InChI is InChI=1S/C46H51N11O5/c47-42-40-41(31-6-9-36(10-7-31)62-35-4-2-1-3-5-35)51-57(43(40)49-29-48-42)33-16-18-52(19-17-33)27-30-14-20-54(21-15-30)46(61)55-24-22-53(23-25-55)34-8-11-37-32(26-34)28-56(45(37)60)38-12-13-39(58)50-44(38)59/h1-11,26,29-30,33,38H,12-25,27-28H2,(H2,47,48,49)(H,50,58,59). The highest BCUT2D eigenvalue weighted by molar-refractivity contribution is 6.05. The van der Waals surface area contributed by atoms with Gasteiger partial charge in [0.25, 0.3) is 5.91 Å². The van der Waals surface area contributed by atoms with Crippen molar-refractivity contribution in [1.82, 2.24) is 44.7 Å². The number of nitrogens with two attached hydrogens (primary N) is 1. The maximum absolute atomic E-state index is 13.7. The summed E-state index contributed by atoms with van der Waals surface area (Å²) in [6.45, 7) is 7.52. The van der Waals surface area contributed by atoms with E-state index in [9.17, 15) is 19.2 Å². The fourth-order valence-electron chi connectivity index (χ4n) is 9.89. The van der Waals surface area contributed by atoms with Crippen molar-refractivity contribution < 1.29 is 23.9 Å². The van der Waals surface area contributed by atoms with Gasteiger partial charge in [0.15, 0.2) is 5.65 Å². The van der Waals surface area contributed by atoms with Crippen LogP contribution >= 0.6 is 0 Å². The van der Waals surface area contributed by atoms with Crippen LogP contribution in [0.1, 0.15) is 60.5 Å². The lowest BCUT2D eigenvalue weighted by Crippen LogP contribution is -2.54. The first kappa shape index (κ1) is 39.6. The zero-order chi connectivity index (χ0) is 42.3. The molecule has 0 aliphatic carbocycles. The molecule has 5 amide bonds. The summed E-state index contributed by atoms with van der Waals surface area (Å²) in [6, 6.07) is 23.1. The highest BCUT2D eigenvalue weighted by Crippen LogP contribution is 2.36. The number of anilines is 2. The predicted molar refractivity (Wildman–Crippen MR) is 232 cm³/mol. The second-order valence-electron chi connectivity index (χ2n) is 17.2. The second kappa shape index (κ2) is 16.7. The Kier molecular flexibility index (Phi) is 10.7. The van der Waals surface area contributed by atoms with Crippen molar-refractivity contribution >= 4 is 46.3 Å². The van der Waals surface area contributed by atoms with Gasteiger partial charge in [-0.25, -0.2) is 19.4 Å². The number of hydrogen-bond donors (Lipinski definition) is 2. The molecule has 16 heteroatoms. The molecule has 0 bridgehead atoms. The molecular formula is C46H51N11O5. The van der Waals surface area contributed by atoms with E-state index in [1.807, 2.05) is 82.6 Å². The highest BCUT2D eigenvalue weighted by Gasteiger charge is 2.39. The molecule has 62 heavy (non-hydrogen) atoms. The number of likely N-dealkylation sites (tertiary alicyclic amines) is 2. The summed E-state index contributed by atoms with van der Waals surface area (Å²) >= 11 is 0. The Hall–Kier alpha value is -6.55. The van der Waals surface area contributed by atoms with Crippen molar-refractivity contribution in [2.24, 2.45) is 5.92 Å². The molecule has 5 aliphatic heterocycles. The Morgan fingerprint density at radius 1 is 0.790 bits per heavy atom. The van der Waals surface area contributed by atoms with E-state index in [4.69, 9.17) is 15.6 Å². The van der Waals surface area contributed by atoms with E-state index in [2.05, 4.69) is 29.8 Å². The minimum absolute atomic E-state index is 0.120. The van der Waals surface area contributed by atoms with Gasteiger partial charge >= 0.3 is 6.03 Å². The van der Waals surface area contributed by atoms with Crippen LogP contribution in [-0.4, -0.2) is 128 Å². The molecule has 0 spiro atoms. The van der Waals surface area contributed by atoms with Crippen LogP contribution in [-0.2, 0) is 16.1 Å². The number of nitrogen functional groups attached to an aromatic ring is 1. The summed E-state index contributed by atoms with van der Waals surface area (Å²) in [4.78, 5) is 70.3. The van der Waals surface area contributed by atoms with E-state index in [1.54, 1.807) is 4.90 Å². The molecule has 10 rings (SSSR count). The largest absolute Gasteiger partial charge is 0.457 e. The SMILES string of the molecule is Nc1ncnc2c1c(-c1ccc(Oc3ccccc3)cc1)nn2C1CCN(CC2CCN(C(=O)N3CCN(c4ccc5c(c4)CN(C4CCC(=O)NC4=O)C5=O)CC3)CC2)CC1. The molecule has 5 aliphatic rings. The maximum atomic E-state index is 13.7. The number of amides is 5. The van der Waals surface area contributed by atoms with E-state index in [0.717, 1.165) is 103 Å². The van der Waals surface area contributed by atoms with Gasteiger partial charge in [-0.15, -0.1) is 0 Å². The molecule has 1 atom stereocenters. The normalized spacial score (nSPS) is 20.5. The predicted octanol–water partition coefficient (Wildman–Crippen LogP) is 4.92. The van der Waals surface area contributed by atoms with Crippen LogP contribution in [0.25, 0.3) is 22.3 Å². The van der Waals surface area contributed by atoms with Gasteiger partial charge < -0.3 is 35.0 Å². The van der Waals surface area contributed by atoms with Crippen molar-refractivity contribution in [3.8, 4) is 22.8 Å². The topological polar surface area (TPSA) is 175 Å². The van der Waals surface area contributed by atoms with Crippen molar-refractivity contribution in [3.63, 3.8) is 0 Å². The molecule has 3 aromatic carbocycles. The number of hydrogen-bond acceptors (Lipinski definition) is 11. The molecule has 16 nitrogen and oxygen atoms in total. The smallest absolute Gasteiger partial charge is 0.320 e. The molecule has 320 valence electrons. The van der Waals surface area contributed by atoms with Gasteiger partial charge in [0.05, 0.1) is 11.4 Å². The van der Waals surface area contributed by atoms with E-state index in [1.165, 1.54) is 6.33 Å². The number of nitrogens with zero attached hydrogens (tertiary/aromatic N) is 9. The lowest BCUT2D eigenvalue weighted by molar-refractivity contribution is -0.136. The Balaban J connectivity index is 0.691. The Morgan fingerprint density at radius 2 is 1.52 bits per heavy atom. The number of carbonyl (C=O) groups excluding carboxylic acids is 4. The molecule has 1 unspecified atom stereocenters. The summed E-state index contributed by atoms with van der Waals surface area (Å²) in [5.41, 5.74) is 11.4. The summed E-state index contributed by atoms with van der Waals surface area (Å²) in [7, 11) is 0. The van der Waals surface area contributed by atoms with Gasteiger partial charge in [-0.3, -0.25) is 19.7 Å². The second-order valence-corrected chi connectivity index (χ2v) is 17.2. The number of carbonyl (C=O) groups is 4. The number of imide groups is 1. The Bertz CT molecular complexity index is 2490. The first-order chi connectivity index (χ1) is 30.3. The number of piperidine rings is 3. The minimum Gasteiger partial charge on any atom is -0.457 e. The molecule has 2 aromatic heterocycles. The van der Waals surface area contributed by atoms with Crippen LogP contribution in [0.2, 0.25) is 0 Å². The van der Waals surface area contributed by atoms with Crippen molar-refractivity contribution in [2.45, 2.75) is 57.2 Å². The number of nitrogens with one attached hydrogen (secondary N) is 1. The number of ether oxygens (including phenoxy) is 1. The third-order valence-corrected chi connectivity index (χ3v) is 13.4. The Morgan fingerprint density at radius 3 is 2.26 bits per heavy atom. The molecule has 0 saturated carbocycles. The summed E-state index contributed by atoms with van der Waals surface area (Å²) in [6.07, 6.45) is 5.99. The molecule has 4 fully saturated rings. The average Bonchev–Trinajstić information content (AvgIpc) is 3.85. The summed E-state index contributed by atoms with van der Waals surface area (Å²) in [5, 5.41) is 8.25. The zero-order valence-corrected chi connectivity index (χ0v) is 34.7. The molecule has 7 heterocycles. The first-order valence-electron chi connectivity index (χ1n) is 21.9. The van der Waals surface area contributed by atoms with Crippen molar-refractivity contribution in [3.05, 3.63) is 90.3 Å². The van der Waals surface area contributed by atoms with Gasteiger partial charge in [-0.1, -0.05) is 18.2 Å². The van der Waals surface area contributed by atoms with Gasteiger partial charge in [0, 0.05) is 88.7 Å². The number of urea groups is 1. The zero-order valence-electron chi connectivity index (χ0n) is 34.7. The van der Waals surface area contributed by atoms with Gasteiger partial charge in [0.1, 0.15) is 35.4 Å². The van der Waals surface area contributed by atoms with E-state index >= 15 is 0 Å². The fourth-order valence-corrected chi connectivity index (χ4v) is 9.89. The van der Waals surface area contributed by atoms with Crippen LogP contribution in [0.15, 0.2) is 79.1 Å². The van der Waals surface area contributed by atoms with Crippen LogP contribution in [0, 0.1) is 5.92 Å². The fraction of sp³-hybridized carbons (Fsp3) is 0.413. The molecule has 3 N–H and O–H groups in total. The lowest BCUT2D eigenvalue weighted by atomic mass is 9.95. The van der Waals surface area contributed by atoms with Crippen LogP contribution in [0.3, 0.4) is 0 Å². The molecule has 5 aromatic rings. The average molecular weight is 838 g/mol. The number of rotatable bonds is 8. The minimum atomic E-state index is -0.632. The first-order valence-corrected chi connectivity index (χ1v) is 21.9. The van der Waals surface area contributed by atoms with Crippen LogP contribution < -0.4 is 20.7 Å². The number of aromatic nitrogens is 4. The van der Waals surface area contributed by atoms with E-state index in [0.29, 0.717) is 56.4 Å². The monoisotopic (exact) mass is 837 g/mol. The molecule has 0 radical (unpaired) electrons. The number of piperazine rings is 1. The number of benzene rings is 3. The van der Waals surface area contributed by atoms with E-state index < -0.39 is 11.9 Å². The Labute approximate surface area is 359 Å². The summed E-state index contributed by atoms with van der Waals surface area (Å²) in [5.74, 6) is 1.61. The van der Waals surface area contributed by atoms with Gasteiger partial charge in [0.2, 0.25) is 11.8 Å². The third-order valence-electron chi connectivity index (χ3n) is 13.4. The molecular weight excluding hydrogens is 787 g/mol. The van der Waals surface area contributed by atoms with Gasteiger partial charge in [-0.05, 0) is 98.2 Å². The van der Waals surface area contributed by atoms with E-state index in [-0.39, 0.29) is 30.3 Å². The maximum Gasteiger partial charge on any atom is 0.320 e. The number of fused-ring (bicyclic) bond motifs is 2. The van der Waals surface area contributed by atoms with Gasteiger partial charge in [-0.2, -0.15) is 5.10 Å². The highest BCUT2D eigenvalue weighted by atomic mass is 16.5. The van der Waals surface area contributed by atoms with Crippen LogP contribution in [0.5, 0.6) is 11.5 Å². The number of para-hydroxylation sites is 1. The summed E-state index contributed by atoms with van der Waals surface area (Å²) < 4.78 is 8.07. The third kappa shape index (κ3) is 7.78.